The van der Waals surface area contributed by atoms with Crippen LogP contribution in [0.25, 0.3) is 66.1 Å². The van der Waals surface area contributed by atoms with Crippen molar-refractivity contribution in [2.24, 2.45) is 14.1 Å². The molecule has 2 aromatic carbocycles. The number of ether oxygens (including phenoxy) is 4. The standard InChI is InChI=1S/2C27H32FN5O3/c2*1-31(2)10-5-11-36-25-9-6-17(15-30-25)20-13-21-23(14-22(20)28)29-16-24-26(21)33(27(34)32(24)3)18-7-8-19(12-18)35-4/h2*6,9,13-16,18-19H,5,7-8,10-12H2,1-4H3/t2*18-,19+/m10/s1. The maximum Gasteiger partial charge on any atom is 0.329 e. The summed E-state index contributed by atoms with van der Waals surface area (Å²) in [6.45, 7) is 2.99. The average molecular weight is 987 g/mol. The number of pyridine rings is 4. The van der Waals surface area contributed by atoms with Gasteiger partial charge in [0.05, 0.1) is 70.9 Å². The lowest BCUT2D eigenvalue weighted by Crippen LogP contribution is -2.25. The minimum Gasteiger partial charge on any atom is -0.478 e. The maximum absolute atomic E-state index is 15.2. The van der Waals surface area contributed by atoms with Crippen LogP contribution in [-0.4, -0.2) is 129 Å². The highest BCUT2D eigenvalue weighted by atomic mass is 19.1. The predicted octanol–water partition coefficient (Wildman–Crippen LogP) is 8.32. The number of fused-ring (bicyclic) bond motifs is 6. The quantitative estimate of drug-likeness (QED) is 0.0858. The van der Waals surface area contributed by atoms with E-state index in [2.05, 4.69) is 29.7 Å². The van der Waals surface area contributed by atoms with Crippen molar-refractivity contribution in [3.8, 4) is 34.0 Å². The Balaban J connectivity index is 0.000000178. The minimum atomic E-state index is -0.388. The zero-order chi connectivity index (χ0) is 50.8. The van der Waals surface area contributed by atoms with E-state index in [0.29, 0.717) is 58.3 Å². The molecule has 2 aliphatic rings. The molecule has 2 aliphatic carbocycles. The Morgan fingerprint density at radius 2 is 1.00 bits per heavy atom. The van der Waals surface area contributed by atoms with Crippen molar-refractivity contribution in [2.75, 3.05) is 68.7 Å². The van der Waals surface area contributed by atoms with Crippen LogP contribution in [-0.2, 0) is 23.6 Å². The van der Waals surface area contributed by atoms with Gasteiger partial charge in [-0.25, -0.2) is 28.3 Å². The minimum absolute atomic E-state index is 0.0239. The van der Waals surface area contributed by atoms with Gasteiger partial charge in [-0.05, 0) is 104 Å². The molecule has 0 N–H and O–H groups in total. The SMILES string of the molecule is CO[C@@H]1CC[C@H](n2c(=O)n(C)c3cnc4cc(F)c(-c5ccc(OCCCN(C)C)nc5)cc4c32)C1.CO[C@H]1CC[C@@H](n2c(=O)n(C)c3cnc4cc(F)c(-c5ccc(OCCCN(C)C)nc5)cc4c32)C1. The number of hydrogen-bond acceptors (Lipinski definition) is 12. The molecule has 4 atom stereocenters. The van der Waals surface area contributed by atoms with Crippen LogP contribution in [0.2, 0.25) is 0 Å². The normalized spacial score (nSPS) is 18.1. The number of imidazole rings is 2. The Labute approximate surface area is 416 Å². The third-order valence-corrected chi connectivity index (χ3v) is 14.2. The molecule has 6 heterocycles. The second kappa shape index (κ2) is 21.6. The molecule has 2 saturated carbocycles. The highest BCUT2D eigenvalue weighted by Gasteiger charge is 2.32. The number of methoxy groups -OCH3 is 2. The van der Waals surface area contributed by atoms with Crippen LogP contribution in [0.5, 0.6) is 11.8 Å². The van der Waals surface area contributed by atoms with Gasteiger partial charge in [0.1, 0.15) is 11.6 Å². The molecule has 18 heteroatoms. The summed E-state index contributed by atoms with van der Waals surface area (Å²) >= 11 is 0. The summed E-state index contributed by atoms with van der Waals surface area (Å²) in [7, 11) is 15.0. The summed E-state index contributed by atoms with van der Waals surface area (Å²) in [4.78, 5) is 48.5. The highest BCUT2D eigenvalue weighted by Crippen LogP contribution is 2.39. The maximum atomic E-state index is 15.2. The fraction of sp³-hybridized carbons (Fsp3) is 0.444. The Hall–Kier alpha value is -6.60. The van der Waals surface area contributed by atoms with Crippen LogP contribution in [0, 0.1) is 11.6 Å². The van der Waals surface area contributed by atoms with Crippen molar-refractivity contribution in [1.82, 2.24) is 48.0 Å². The van der Waals surface area contributed by atoms with E-state index < -0.39 is 0 Å². The van der Waals surface area contributed by atoms with Crippen LogP contribution in [0.3, 0.4) is 0 Å². The molecule has 0 radical (unpaired) electrons. The van der Waals surface area contributed by atoms with Crippen LogP contribution in [0.4, 0.5) is 8.78 Å². The van der Waals surface area contributed by atoms with E-state index >= 15 is 8.78 Å². The molecule has 2 fully saturated rings. The Kier molecular flexibility index (Phi) is 15.1. The van der Waals surface area contributed by atoms with Crippen molar-refractivity contribution >= 4 is 43.9 Å². The van der Waals surface area contributed by atoms with Gasteiger partial charge in [-0.15, -0.1) is 0 Å². The molecule has 0 unspecified atom stereocenters. The second-order valence-corrected chi connectivity index (χ2v) is 19.5. The van der Waals surface area contributed by atoms with Crippen LogP contribution in [0.15, 0.2) is 82.9 Å². The third-order valence-electron chi connectivity index (χ3n) is 14.2. The number of aromatic nitrogens is 8. The molecular formula is C54H64F2N10O6. The van der Waals surface area contributed by atoms with Crippen LogP contribution in [0.1, 0.15) is 63.5 Å². The zero-order valence-corrected chi connectivity index (χ0v) is 42.4. The van der Waals surface area contributed by atoms with Crippen molar-refractivity contribution in [1.29, 1.82) is 0 Å². The van der Waals surface area contributed by atoms with Crippen molar-refractivity contribution < 1.29 is 27.7 Å². The first kappa shape index (κ1) is 50.3. The van der Waals surface area contributed by atoms with E-state index in [-0.39, 0.29) is 47.3 Å². The lowest BCUT2D eigenvalue weighted by Gasteiger charge is -2.14. The van der Waals surface area contributed by atoms with Gasteiger partial charge in [0.15, 0.2) is 0 Å². The van der Waals surface area contributed by atoms with E-state index in [1.54, 1.807) is 86.5 Å². The van der Waals surface area contributed by atoms with Gasteiger partial charge >= 0.3 is 11.4 Å². The molecular weight excluding hydrogens is 923 g/mol. The number of aryl methyl sites for hydroxylation is 2. The van der Waals surface area contributed by atoms with Crippen molar-refractivity contribution in [3.63, 3.8) is 0 Å². The van der Waals surface area contributed by atoms with E-state index in [1.165, 1.54) is 12.1 Å². The summed E-state index contributed by atoms with van der Waals surface area (Å²) in [6, 6.07) is 13.6. The van der Waals surface area contributed by atoms with Gasteiger partial charge in [0.25, 0.3) is 0 Å². The first-order chi connectivity index (χ1) is 34.7. The summed E-state index contributed by atoms with van der Waals surface area (Å²) < 4.78 is 59.9. The number of rotatable bonds is 16. The van der Waals surface area contributed by atoms with Crippen LogP contribution >= 0.6 is 0 Å². The van der Waals surface area contributed by atoms with E-state index in [1.807, 2.05) is 49.5 Å². The Morgan fingerprint density at radius 3 is 1.35 bits per heavy atom. The van der Waals surface area contributed by atoms with Crippen LogP contribution < -0.4 is 20.9 Å². The summed E-state index contributed by atoms with van der Waals surface area (Å²) in [6.07, 6.45) is 13.7. The molecule has 0 spiro atoms. The summed E-state index contributed by atoms with van der Waals surface area (Å²) in [5, 5.41) is 1.48. The lowest BCUT2D eigenvalue weighted by molar-refractivity contribution is 0.105. The molecule has 0 bridgehead atoms. The number of halogens is 2. The van der Waals surface area contributed by atoms with Crippen molar-refractivity contribution in [2.45, 2.75) is 75.7 Å². The molecule has 0 amide bonds. The number of hydrogen-bond donors (Lipinski definition) is 0. The smallest absolute Gasteiger partial charge is 0.329 e. The molecule has 72 heavy (non-hydrogen) atoms. The Morgan fingerprint density at radius 1 is 0.583 bits per heavy atom. The fourth-order valence-electron chi connectivity index (χ4n) is 10.3. The monoisotopic (exact) mass is 986 g/mol. The first-order valence-electron chi connectivity index (χ1n) is 24.7. The predicted molar refractivity (Wildman–Crippen MR) is 276 cm³/mol. The van der Waals surface area contributed by atoms with Crippen molar-refractivity contribution in [3.05, 3.63) is 106 Å². The van der Waals surface area contributed by atoms with E-state index in [0.717, 1.165) is 97.3 Å². The van der Waals surface area contributed by atoms with E-state index in [4.69, 9.17) is 18.9 Å². The van der Waals surface area contributed by atoms with Gasteiger partial charge in [0, 0.05) is 123 Å². The largest absolute Gasteiger partial charge is 0.478 e. The average Bonchev–Trinajstić information content (AvgIpc) is 4.16. The molecule has 0 saturated heterocycles. The molecule has 10 rings (SSSR count). The molecule has 16 nitrogen and oxygen atoms in total. The second-order valence-electron chi connectivity index (χ2n) is 19.5. The van der Waals surface area contributed by atoms with Gasteiger partial charge in [0.2, 0.25) is 11.8 Å². The molecule has 6 aromatic heterocycles. The summed E-state index contributed by atoms with van der Waals surface area (Å²) in [5.74, 6) is 0.240. The lowest BCUT2D eigenvalue weighted by atomic mass is 10.0. The zero-order valence-electron chi connectivity index (χ0n) is 42.4. The van der Waals surface area contributed by atoms with Gasteiger partial charge in [-0.3, -0.25) is 28.2 Å². The summed E-state index contributed by atoms with van der Waals surface area (Å²) in [5.41, 5.74) is 5.95. The first-order valence-corrected chi connectivity index (χ1v) is 24.7. The molecule has 8 aromatic rings. The van der Waals surface area contributed by atoms with Gasteiger partial charge in [-0.1, -0.05) is 0 Å². The Bertz CT molecular complexity index is 3110. The number of benzene rings is 2. The third kappa shape index (κ3) is 10.2. The molecule has 380 valence electrons. The molecule has 0 aliphatic heterocycles. The van der Waals surface area contributed by atoms with Gasteiger partial charge < -0.3 is 28.7 Å². The van der Waals surface area contributed by atoms with Gasteiger partial charge in [-0.2, -0.15) is 0 Å². The highest BCUT2D eigenvalue weighted by molar-refractivity contribution is 6.05. The van der Waals surface area contributed by atoms with E-state index in [9.17, 15) is 9.59 Å². The fourth-order valence-corrected chi connectivity index (χ4v) is 10.3. The topological polar surface area (TPSA) is 149 Å². The number of nitrogens with zero attached hydrogens (tertiary/aromatic N) is 10.